The molecule has 0 rings (SSSR count). The molecule has 7 heteroatoms. The Morgan fingerprint density at radius 1 is 1.18 bits per heavy atom. The maximum Gasteiger partial charge on any atom is 0.326 e. The Balaban J connectivity index is 4.31. The van der Waals surface area contributed by atoms with E-state index in [1.807, 2.05) is 13.8 Å². The van der Waals surface area contributed by atoms with E-state index in [0.29, 0.717) is 0 Å². The van der Waals surface area contributed by atoms with Crippen LogP contribution in [0.15, 0.2) is 0 Å². The Morgan fingerprint density at radius 3 is 2.06 bits per heavy atom. The van der Waals surface area contributed by atoms with Gasteiger partial charge in [0.2, 0.25) is 5.91 Å². The zero-order valence-corrected chi connectivity index (χ0v) is 10.2. The fourth-order valence-electron chi connectivity index (χ4n) is 0.975. The van der Waals surface area contributed by atoms with E-state index in [1.54, 1.807) is 6.92 Å². The van der Waals surface area contributed by atoms with Gasteiger partial charge in [-0.2, -0.15) is 0 Å². The molecule has 1 unspecified atom stereocenters. The molecule has 0 aliphatic heterocycles. The van der Waals surface area contributed by atoms with Crippen molar-refractivity contribution >= 4 is 17.9 Å². The lowest BCUT2D eigenvalue weighted by atomic mass is 10.1. The van der Waals surface area contributed by atoms with Crippen LogP contribution >= 0.6 is 0 Å². The average Bonchev–Trinajstić information content (AvgIpc) is 2.15. The van der Waals surface area contributed by atoms with Crippen molar-refractivity contribution in [3.63, 3.8) is 0 Å². The summed E-state index contributed by atoms with van der Waals surface area (Å²) < 4.78 is 0. The minimum absolute atomic E-state index is 0.0991. The Hall–Kier alpha value is -1.79. The van der Waals surface area contributed by atoms with Gasteiger partial charge in [-0.25, -0.2) is 9.59 Å². The average molecular weight is 245 g/mol. The number of carboxylic acids is 1. The second-order valence-electron chi connectivity index (χ2n) is 4.21. The summed E-state index contributed by atoms with van der Waals surface area (Å²) in [4.78, 5) is 32.8. The van der Waals surface area contributed by atoms with Gasteiger partial charge in [0.05, 0.1) is 6.42 Å². The first-order chi connectivity index (χ1) is 7.73. The molecule has 0 aliphatic rings. The van der Waals surface area contributed by atoms with Gasteiger partial charge < -0.3 is 21.5 Å². The molecular weight excluding hydrogens is 226 g/mol. The van der Waals surface area contributed by atoms with Gasteiger partial charge in [0.15, 0.2) is 0 Å². The third kappa shape index (κ3) is 6.39. The van der Waals surface area contributed by atoms with Crippen molar-refractivity contribution in [1.29, 1.82) is 0 Å². The molecule has 0 radical (unpaired) electrons. The van der Waals surface area contributed by atoms with E-state index in [1.165, 1.54) is 0 Å². The highest BCUT2D eigenvalue weighted by molar-refractivity contribution is 5.87. The second-order valence-corrected chi connectivity index (χ2v) is 4.21. The van der Waals surface area contributed by atoms with Gasteiger partial charge in [-0.05, 0) is 12.8 Å². The van der Waals surface area contributed by atoms with Crippen LogP contribution in [0.25, 0.3) is 0 Å². The van der Waals surface area contributed by atoms with Crippen LogP contribution in [0.3, 0.4) is 0 Å². The first-order valence-electron chi connectivity index (χ1n) is 5.32. The van der Waals surface area contributed by atoms with Gasteiger partial charge in [-0.3, -0.25) is 4.79 Å². The normalized spacial score (nSPS) is 13.9. The zero-order chi connectivity index (χ0) is 13.6. The Morgan fingerprint density at radius 2 is 1.71 bits per heavy atom. The molecule has 5 N–H and O–H groups in total. The molecule has 3 amide bonds. The van der Waals surface area contributed by atoms with Crippen LogP contribution in [0.1, 0.15) is 27.2 Å². The molecule has 0 spiro atoms. The number of nitrogens with one attached hydrogen (secondary N) is 2. The van der Waals surface area contributed by atoms with Crippen molar-refractivity contribution in [2.24, 2.45) is 11.7 Å². The van der Waals surface area contributed by atoms with Crippen LogP contribution in [-0.2, 0) is 9.59 Å². The zero-order valence-electron chi connectivity index (χ0n) is 10.2. The smallest absolute Gasteiger partial charge is 0.326 e. The van der Waals surface area contributed by atoms with E-state index >= 15 is 0 Å². The van der Waals surface area contributed by atoms with Gasteiger partial charge in [0.1, 0.15) is 6.04 Å². The highest BCUT2D eigenvalue weighted by Gasteiger charge is 2.22. The lowest BCUT2D eigenvalue weighted by Gasteiger charge is -2.19. The topological polar surface area (TPSA) is 122 Å². The molecule has 7 nitrogen and oxygen atoms in total. The lowest BCUT2D eigenvalue weighted by molar-refractivity contribution is -0.140. The van der Waals surface area contributed by atoms with Crippen molar-refractivity contribution in [3.05, 3.63) is 0 Å². The first kappa shape index (κ1) is 15.2. The number of aliphatic carboxylic acids is 1. The number of amides is 3. The number of urea groups is 1. The standard InChI is InChI=1S/C10H19N3O4/c1-5(2)6(3)12-10(17)13-7(9(15)16)4-8(11)14/h5-7H,4H2,1-3H3,(H2,11,14)(H,15,16)(H2,12,13,17)/t6?,7-/m0/s1. The summed E-state index contributed by atoms with van der Waals surface area (Å²) in [5.41, 5.74) is 4.88. The fraction of sp³-hybridized carbons (Fsp3) is 0.700. The minimum Gasteiger partial charge on any atom is -0.480 e. The predicted molar refractivity (Wildman–Crippen MR) is 61.2 cm³/mol. The van der Waals surface area contributed by atoms with Gasteiger partial charge in [0.25, 0.3) is 0 Å². The molecule has 0 aromatic carbocycles. The summed E-state index contributed by atoms with van der Waals surface area (Å²) in [6.07, 6.45) is -0.432. The molecule has 17 heavy (non-hydrogen) atoms. The molecule has 0 aromatic heterocycles. The number of nitrogens with two attached hydrogens (primary N) is 1. The molecule has 98 valence electrons. The van der Waals surface area contributed by atoms with Crippen LogP contribution in [0.5, 0.6) is 0 Å². The number of carbonyl (C=O) groups is 3. The van der Waals surface area contributed by atoms with Crippen molar-refractivity contribution in [3.8, 4) is 0 Å². The summed E-state index contributed by atoms with van der Waals surface area (Å²) >= 11 is 0. The molecule has 0 aliphatic carbocycles. The maximum atomic E-state index is 11.4. The SMILES string of the molecule is CC(C)C(C)NC(=O)N[C@@H](CC(N)=O)C(=O)O. The van der Waals surface area contributed by atoms with E-state index in [0.717, 1.165) is 0 Å². The Kier molecular flexibility index (Phi) is 6.01. The van der Waals surface area contributed by atoms with Crippen LogP contribution in [0.4, 0.5) is 4.79 Å². The molecule has 0 saturated carbocycles. The van der Waals surface area contributed by atoms with Crippen molar-refractivity contribution in [2.45, 2.75) is 39.3 Å². The van der Waals surface area contributed by atoms with E-state index < -0.39 is 30.4 Å². The van der Waals surface area contributed by atoms with Crippen LogP contribution < -0.4 is 16.4 Å². The largest absolute Gasteiger partial charge is 0.480 e. The van der Waals surface area contributed by atoms with Crippen molar-refractivity contribution < 1.29 is 19.5 Å². The molecule has 0 saturated heterocycles. The van der Waals surface area contributed by atoms with Crippen LogP contribution in [-0.4, -0.2) is 35.1 Å². The minimum atomic E-state index is -1.30. The number of carboxylic acid groups (broad SMARTS) is 1. The van der Waals surface area contributed by atoms with Gasteiger partial charge in [-0.15, -0.1) is 0 Å². The number of primary amides is 1. The summed E-state index contributed by atoms with van der Waals surface area (Å²) in [6.45, 7) is 5.64. The summed E-state index contributed by atoms with van der Waals surface area (Å²) in [7, 11) is 0. The van der Waals surface area contributed by atoms with Crippen molar-refractivity contribution in [2.75, 3.05) is 0 Å². The van der Waals surface area contributed by atoms with E-state index in [9.17, 15) is 14.4 Å². The predicted octanol–water partition coefficient (Wildman–Crippen LogP) is -0.341. The number of hydrogen-bond donors (Lipinski definition) is 4. The third-order valence-electron chi connectivity index (χ3n) is 2.37. The first-order valence-corrected chi connectivity index (χ1v) is 5.32. The number of carbonyl (C=O) groups excluding carboxylic acids is 2. The Bertz CT molecular complexity index is 304. The monoisotopic (exact) mass is 245 g/mol. The van der Waals surface area contributed by atoms with Crippen LogP contribution in [0, 0.1) is 5.92 Å². The second kappa shape index (κ2) is 6.72. The number of rotatable bonds is 6. The molecule has 0 aromatic rings. The summed E-state index contributed by atoms with van der Waals surface area (Å²) in [5, 5.41) is 13.5. The quantitative estimate of drug-likeness (QED) is 0.511. The Labute approximate surface area is 99.7 Å². The lowest BCUT2D eigenvalue weighted by Crippen LogP contribution is -2.50. The number of hydrogen-bond acceptors (Lipinski definition) is 3. The van der Waals surface area contributed by atoms with E-state index in [2.05, 4.69) is 10.6 Å². The van der Waals surface area contributed by atoms with Crippen LogP contribution in [0.2, 0.25) is 0 Å². The van der Waals surface area contributed by atoms with Gasteiger partial charge in [0, 0.05) is 6.04 Å². The van der Waals surface area contributed by atoms with Crippen molar-refractivity contribution in [1.82, 2.24) is 10.6 Å². The molecule has 0 heterocycles. The molecule has 0 bridgehead atoms. The summed E-state index contributed by atoms with van der Waals surface area (Å²) in [6, 6.07) is -2.02. The third-order valence-corrected chi connectivity index (χ3v) is 2.37. The van der Waals surface area contributed by atoms with E-state index in [4.69, 9.17) is 10.8 Å². The molecule has 2 atom stereocenters. The van der Waals surface area contributed by atoms with Gasteiger partial charge in [-0.1, -0.05) is 13.8 Å². The van der Waals surface area contributed by atoms with E-state index in [-0.39, 0.29) is 12.0 Å². The molecule has 0 fully saturated rings. The maximum absolute atomic E-state index is 11.4. The van der Waals surface area contributed by atoms with Gasteiger partial charge >= 0.3 is 12.0 Å². The highest BCUT2D eigenvalue weighted by Crippen LogP contribution is 1.99. The summed E-state index contributed by atoms with van der Waals surface area (Å²) in [5.74, 6) is -1.86. The fourth-order valence-corrected chi connectivity index (χ4v) is 0.975. The molecular formula is C10H19N3O4. The highest BCUT2D eigenvalue weighted by atomic mass is 16.4.